The molecule has 0 atom stereocenters. The van der Waals surface area contributed by atoms with Crippen LogP contribution in [0, 0.1) is 6.92 Å². The number of amides is 2. The molecule has 2 amide bonds. The fourth-order valence-electron chi connectivity index (χ4n) is 4.50. The predicted molar refractivity (Wildman–Crippen MR) is 161 cm³/mol. The maximum Gasteiger partial charge on any atom is 0.323 e. The van der Waals surface area contributed by atoms with Crippen molar-refractivity contribution in [2.75, 3.05) is 43.4 Å². The van der Waals surface area contributed by atoms with E-state index in [1.165, 1.54) is 0 Å². The Morgan fingerprint density at radius 2 is 1.73 bits per heavy atom. The van der Waals surface area contributed by atoms with Gasteiger partial charge < -0.3 is 19.9 Å². The van der Waals surface area contributed by atoms with Gasteiger partial charge in [-0.2, -0.15) is 10.1 Å². The first-order chi connectivity index (χ1) is 19.7. The molecule has 2 N–H and O–H groups in total. The van der Waals surface area contributed by atoms with E-state index in [1.54, 1.807) is 10.9 Å². The van der Waals surface area contributed by atoms with Gasteiger partial charge in [-0.25, -0.2) is 14.5 Å². The van der Waals surface area contributed by atoms with E-state index in [-0.39, 0.29) is 24.0 Å². The number of nitrogens with one attached hydrogen (secondary N) is 2. The van der Waals surface area contributed by atoms with Gasteiger partial charge in [-0.3, -0.25) is 5.32 Å². The molecule has 0 aliphatic carbocycles. The Morgan fingerprint density at radius 1 is 1.00 bits per heavy atom. The number of likely N-dealkylation sites (N-methyl/N-ethyl adjacent to an activating group) is 1. The van der Waals surface area contributed by atoms with Crippen molar-refractivity contribution in [1.29, 1.82) is 0 Å². The van der Waals surface area contributed by atoms with Crippen LogP contribution < -0.4 is 20.3 Å². The number of hydrogen-bond donors (Lipinski definition) is 2. The van der Waals surface area contributed by atoms with Crippen LogP contribution in [0.2, 0.25) is 0 Å². The molecular formula is C31H38N8O2. The summed E-state index contributed by atoms with van der Waals surface area (Å²) in [5.74, 6) is 2.02. The SMILES string of the molecule is Cc1ccc(-n2nc(C(C)(C)C)cc2NC(=O)NCc2ccccc2Oc2nccc(N3CCN(C)CC3)n2)cc1. The van der Waals surface area contributed by atoms with Crippen molar-refractivity contribution in [2.24, 2.45) is 0 Å². The molecule has 2 aromatic heterocycles. The lowest BCUT2D eigenvalue weighted by atomic mass is 9.92. The minimum Gasteiger partial charge on any atom is -0.424 e. The van der Waals surface area contributed by atoms with Gasteiger partial charge in [-0.1, -0.05) is 56.7 Å². The van der Waals surface area contributed by atoms with E-state index < -0.39 is 0 Å². The number of para-hydroxylation sites is 1. The Balaban J connectivity index is 1.27. The summed E-state index contributed by atoms with van der Waals surface area (Å²) in [4.78, 5) is 26.6. The van der Waals surface area contributed by atoms with Crippen LogP contribution in [-0.2, 0) is 12.0 Å². The lowest BCUT2D eigenvalue weighted by molar-refractivity contribution is 0.251. The van der Waals surface area contributed by atoms with Gasteiger partial charge in [0.25, 0.3) is 0 Å². The Hall–Kier alpha value is -4.44. The molecule has 41 heavy (non-hydrogen) atoms. The van der Waals surface area contributed by atoms with Crippen molar-refractivity contribution in [1.82, 2.24) is 30.0 Å². The number of urea groups is 1. The van der Waals surface area contributed by atoms with Gasteiger partial charge in [0.2, 0.25) is 0 Å². The Kier molecular flexibility index (Phi) is 8.21. The molecule has 1 aliphatic heterocycles. The van der Waals surface area contributed by atoms with Crippen LogP contribution in [0.25, 0.3) is 5.69 Å². The summed E-state index contributed by atoms with van der Waals surface area (Å²) in [6.07, 6.45) is 1.72. The number of ether oxygens (including phenoxy) is 1. The van der Waals surface area contributed by atoms with Crippen molar-refractivity contribution >= 4 is 17.7 Å². The predicted octanol–water partition coefficient (Wildman–Crippen LogP) is 5.13. The molecule has 10 heteroatoms. The highest BCUT2D eigenvalue weighted by atomic mass is 16.5. The number of anilines is 2. The molecule has 10 nitrogen and oxygen atoms in total. The van der Waals surface area contributed by atoms with E-state index in [0.29, 0.717) is 11.6 Å². The van der Waals surface area contributed by atoms with Crippen molar-refractivity contribution in [2.45, 2.75) is 39.7 Å². The first kappa shape index (κ1) is 28.1. The molecule has 1 fully saturated rings. The molecule has 5 rings (SSSR count). The molecule has 0 saturated carbocycles. The highest BCUT2D eigenvalue weighted by molar-refractivity contribution is 5.88. The summed E-state index contributed by atoms with van der Waals surface area (Å²) < 4.78 is 7.86. The number of carbonyl (C=O) groups is 1. The minimum absolute atomic E-state index is 0.178. The number of carbonyl (C=O) groups excluding carboxylic acids is 1. The third-order valence-electron chi connectivity index (χ3n) is 7.06. The Morgan fingerprint density at radius 3 is 2.46 bits per heavy atom. The molecule has 0 unspecified atom stereocenters. The Bertz CT molecular complexity index is 1480. The van der Waals surface area contributed by atoms with Crippen LogP contribution in [0.1, 0.15) is 37.6 Å². The van der Waals surface area contributed by atoms with Crippen LogP contribution in [0.4, 0.5) is 16.4 Å². The molecule has 4 aromatic rings. The molecule has 0 radical (unpaired) electrons. The van der Waals surface area contributed by atoms with Crippen LogP contribution in [-0.4, -0.2) is 63.9 Å². The van der Waals surface area contributed by atoms with Gasteiger partial charge in [0.15, 0.2) is 0 Å². The average molecular weight is 555 g/mol. The van der Waals surface area contributed by atoms with Gasteiger partial charge in [-0.15, -0.1) is 0 Å². The number of benzene rings is 2. The first-order valence-corrected chi connectivity index (χ1v) is 13.9. The molecule has 1 saturated heterocycles. The van der Waals surface area contributed by atoms with Gasteiger partial charge >= 0.3 is 12.0 Å². The number of nitrogens with zero attached hydrogens (tertiary/aromatic N) is 6. The van der Waals surface area contributed by atoms with E-state index in [0.717, 1.165) is 54.5 Å². The minimum atomic E-state index is -0.346. The highest BCUT2D eigenvalue weighted by Crippen LogP contribution is 2.27. The zero-order valence-electron chi connectivity index (χ0n) is 24.4. The smallest absolute Gasteiger partial charge is 0.323 e. The summed E-state index contributed by atoms with van der Waals surface area (Å²) in [5.41, 5.74) is 3.54. The van der Waals surface area contributed by atoms with Crippen LogP contribution >= 0.6 is 0 Å². The molecule has 1 aliphatic rings. The second-order valence-corrected chi connectivity index (χ2v) is 11.4. The fourth-order valence-corrected chi connectivity index (χ4v) is 4.50. The quantitative estimate of drug-likeness (QED) is 0.327. The summed E-state index contributed by atoms with van der Waals surface area (Å²) in [6.45, 7) is 12.4. The van der Waals surface area contributed by atoms with Gasteiger partial charge in [-0.05, 0) is 38.2 Å². The molecule has 0 spiro atoms. The zero-order chi connectivity index (χ0) is 29.0. The van der Waals surface area contributed by atoms with Crippen LogP contribution in [0.15, 0.2) is 66.9 Å². The molecule has 2 aromatic carbocycles. The molecular weight excluding hydrogens is 516 g/mol. The standard InChI is InChI=1S/C31H38N8O2/c1-22-10-12-24(13-11-22)39-28(20-26(36-39)31(2,3)4)34-29(40)33-21-23-8-6-7-9-25(23)41-30-32-15-14-27(35-30)38-18-16-37(5)17-19-38/h6-15,20H,16-19,21H2,1-5H3,(H2,33,34,40). The average Bonchev–Trinajstić information content (AvgIpc) is 3.38. The highest BCUT2D eigenvalue weighted by Gasteiger charge is 2.22. The normalized spacial score (nSPS) is 14.1. The summed E-state index contributed by atoms with van der Waals surface area (Å²) >= 11 is 0. The summed E-state index contributed by atoms with van der Waals surface area (Å²) in [7, 11) is 2.12. The number of aryl methyl sites for hydroxylation is 1. The van der Waals surface area contributed by atoms with Crippen molar-refractivity contribution < 1.29 is 9.53 Å². The van der Waals surface area contributed by atoms with Gasteiger partial charge in [0.05, 0.1) is 11.4 Å². The Labute approximate surface area is 241 Å². The zero-order valence-corrected chi connectivity index (χ0v) is 24.4. The molecule has 0 bridgehead atoms. The van der Waals surface area contributed by atoms with Crippen LogP contribution in [0.3, 0.4) is 0 Å². The van der Waals surface area contributed by atoms with Crippen LogP contribution in [0.5, 0.6) is 11.8 Å². The third-order valence-corrected chi connectivity index (χ3v) is 7.06. The van der Waals surface area contributed by atoms with E-state index in [4.69, 9.17) is 9.84 Å². The van der Waals surface area contributed by atoms with Crippen molar-refractivity contribution in [3.05, 3.63) is 83.7 Å². The van der Waals surface area contributed by atoms with E-state index in [1.807, 2.05) is 67.6 Å². The first-order valence-electron chi connectivity index (χ1n) is 13.9. The lowest BCUT2D eigenvalue weighted by Gasteiger charge is -2.33. The van der Waals surface area contributed by atoms with Crippen molar-refractivity contribution in [3.63, 3.8) is 0 Å². The summed E-state index contributed by atoms with van der Waals surface area (Å²) in [5, 5.41) is 10.7. The van der Waals surface area contributed by atoms with Crippen molar-refractivity contribution in [3.8, 4) is 17.4 Å². The van der Waals surface area contributed by atoms with E-state index in [2.05, 4.69) is 58.2 Å². The fraction of sp³-hybridized carbons (Fsp3) is 0.355. The topological polar surface area (TPSA) is 100 Å². The van der Waals surface area contributed by atoms with E-state index in [9.17, 15) is 4.79 Å². The summed E-state index contributed by atoms with van der Waals surface area (Å²) in [6, 6.07) is 19.3. The molecule has 3 heterocycles. The second-order valence-electron chi connectivity index (χ2n) is 11.4. The monoisotopic (exact) mass is 554 g/mol. The van der Waals surface area contributed by atoms with E-state index >= 15 is 0 Å². The van der Waals surface area contributed by atoms with Gasteiger partial charge in [0.1, 0.15) is 17.4 Å². The lowest BCUT2D eigenvalue weighted by Crippen LogP contribution is -2.44. The number of aromatic nitrogens is 4. The second kappa shape index (κ2) is 12.0. The van der Waals surface area contributed by atoms with Gasteiger partial charge in [0, 0.05) is 56.0 Å². The third kappa shape index (κ3) is 7.01. The maximum atomic E-state index is 13.1. The maximum absolute atomic E-state index is 13.1. The molecule has 214 valence electrons. The number of rotatable bonds is 7. The largest absolute Gasteiger partial charge is 0.424 e. The number of hydrogen-bond acceptors (Lipinski definition) is 7. The number of piperazine rings is 1.